The van der Waals surface area contributed by atoms with Gasteiger partial charge in [0.2, 0.25) is 11.8 Å². The molecule has 2 amide bonds. The lowest BCUT2D eigenvalue weighted by Crippen LogP contribution is -2.41. The highest BCUT2D eigenvalue weighted by molar-refractivity contribution is 6.03. The predicted octanol–water partition coefficient (Wildman–Crippen LogP) is 1.57. The van der Waals surface area contributed by atoms with Crippen LogP contribution >= 0.6 is 0 Å². The molecule has 0 aromatic heterocycles. The van der Waals surface area contributed by atoms with E-state index in [2.05, 4.69) is 10.6 Å². The van der Waals surface area contributed by atoms with Gasteiger partial charge >= 0.3 is 0 Å². The van der Waals surface area contributed by atoms with Crippen LogP contribution in [0.3, 0.4) is 0 Å². The Hall–Kier alpha value is -1.84. The van der Waals surface area contributed by atoms with Gasteiger partial charge in [-0.3, -0.25) is 9.59 Å². The Morgan fingerprint density at radius 2 is 1.85 bits per heavy atom. The molecule has 106 valence electrons. The van der Waals surface area contributed by atoms with Crippen LogP contribution in [0.15, 0.2) is 30.3 Å². The van der Waals surface area contributed by atoms with Gasteiger partial charge in [-0.05, 0) is 18.4 Å². The molecule has 0 bridgehead atoms. The first-order valence-electron chi connectivity index (χ1n) is 7.39. The first-order valence-corrected chi connectivity index (χ1v) is 7.39. The van der Waals surface area contributed by atoms with Crippen molar-refractivity contribution in [2.75, 3.05) is 6.54 Å². The second kappa shape index (κ2) is 5.65. The van der Waals surface area contributed by atoms with Crippen LogP contribution in [-0.2, 0) is 9.59 Å². The van der Waals surface area contributed by atoms with E-state index in [1.54, 1.807) is 0 Å². The molecule has 1 aliphatic heterocycles. The van der Waals surface area contributed by atoms with Gasteiger partial charge < -0.3 is 10.6 Å². The number of hydrogen-bond acceptors (Lipinski definition) is 2. The van der Waals surface area contributed by atoms with Crippen LogP contribution in [0.1, 0.15) is 37.2 Å². The molecule has 2 N–H and O–H groups in total. The Morgan fingerprint density at radius 3 is 2.55 bits per heavy atom. The molecule has 0 radical (unpaired) electrons. The van der Waals surface area contributed by atoms with Crippen LogP contribution in [0.5, 0.6) is 0 Å². The minimum absolute atomic E-state index is 0.0508. The second-order valence-electron chi connectivity index (χ2n) is 5.73. The molecule has 1 aromatic carbocycles. The van der Waals surface area contributed by atoms with Crippen LogP contribution in [-0.4, -0.2) is 24.4 Å². The van der Waals surface area contributed by atoms with Crippen LogP contribution in [0.25, 0.3) is 0 Å². The Balaban J connectivity index is 1.74. The van der Waals surface area contributed by atoms with Crippen molar-refractivity contribution in [3.05, 3.63) is 35.9 Å². The molecule has 1 aromatic rings. The predicted molar refractivity (Wildman–Crippen MR) is 76.1 cm³/mol. The maximum absolute atomic E-state index is 12.4. The van der Waals surface area contributed by atoms with E-state index in [1.807, 2.05) is 30.3 Å². The van der Waals surface area contributed by atoms with Crippen molar-refractivity contribution in [2.45, 2.75) is 37.6 Å². The van der Waals surface area contributed by atoms with E-state index in [9.17, 15) is 9.59 Å². The molecule has 4 heteroatoms. The fraction of sp³-hybridized carbons (Fsp3) is 0.500. The topological polar surface area (TPSA) is 58.2 Å². The molecule has 0 unspecified atom stereocenters. The molecular formula is C16H20N2O2. The van der Waals surface area contributed by atoms with Gasteiger partial charge in [0.05, 0.1) is 0 Å². The van der Waals surface area contributed by atoms with E-state index in [-0.39, 0.29) is 23.8 Å². The zero-order valence-electron chi connectivity index (χ0n) is 11.5. The standard InChI is InChI=1S/C16H20N2O2/c19-15-14(16(20)18-12-8-4-5-9-12)13(10-17-15)11-6-2-1-3-7-11/h1-3,6-7,12-14H,4-5,8-10H2,(H,17,19)(H,18,20)/t13-,14+/m1/s1. The maximum Gasteiger partial charge on any atom is 0.233 e. The first-order chi connectivity index (χ1) is 9.75. The van der Waals surface area contributed by atoms with Crippen LogP contribution in [0.4, 0.5) is 0 Å². The number of nitrogens with one attached hydrogen (secondary N) is 2. The molecule has 20 heavy (non-hydrogen) atoms. The van der Waals surface area contributed by atoms with Crippen molar-refractivity contribution in [1.82, 2.24) is 10.6 Å². The second-order valence-corrected chi connectivity index (χ2v) is 5.73. The largest absolute Gasteiger partial charge is 0.355 e. The first kappa shape index (κ1) is 13.2. The van der Waals surface area contributed by atoms with Gasteiger partial charge in [-0.15, -0.1) is 0 Å². The minimum atomic E-state index is -0.585. The van der Waals surface area contributed by atoms with E-state index < -0.39 is 5.92 Å². The molecule has 1 aliphatic carbocycles. The lowest BCUT2D eigenvalue weighted by Gasteiger charge is -2.19. The Labute approximate surface area is 118 Å². The zero-order chi connectivity index (χ0) is 13.9. The molecule has 1 heterocycles. The Morgan fingerprint density at radius 1 is 1.15 bits per heavy atom. The van der Waals surface area contributed by atoms with E-state index in [0.717, 1.165) is 18.4 Å². The quantitative estimate of drug-likeness (QED) is 0.821. The fourth-order valence-electron chi connectivity index (χ4n) is 3.29. The van der Waals surface area contributed by atoms with Gasteiger partial charge in [-0.2, -0.15) is 0 Å². The van der Waals surface area contributed by atoms with Gasteiger partial charge in [-0.25, -0.2) is 0 Å². The molecule has 2 fully saturated rings. The van der Waals surface area contributed by atoms with E-state index in [4.69, 9.17) is 0 Å². The monoisotopic (exact) mass is 272 g/mol. The van der Waals surface area contributed by atoms with Gasteiger partial charge in [0.15, 0.2) is 0 Å². The highest BCUT2D eigenvalue weighted by Crippen LogP contribution is 2.29. The lowest BCUT2D eigenvalue weighted by atomic mass is 9.88. The molecule has 3 rings (SSSR count). The highest BCUT2D eigenvalue weighted by atomic mass is 16.2. The third kappa shape index (κ3) is 2.55. The maximum atomic E-state index is 12.4. The van der Waals surface area contributed by atoms with Crippen LogP contribution in [0.2, 0.25) is 0 Å². The van der Waals surface area contributed by atoms with Gasteiger partial charge in [0, 0.05) is 18.5 Å². The summed E-state index contributed by atoms with van der Waals surface area (Å²) < 4.78 is 0. The van der Waals surface area contributed by atoms with Crippen molar-refractivity contribution in [3.8, 4) is 0 Å². The number of rotatable bonds is 3. The van der Waals surface area contributed by atoms with Crippen molar-refractivity contribution in [2.24, 2.45) is 5.92 Å². The van der Waals surface area contributed by atoms with Crippen molar-refractivity contribution in [3.63, 3.8) is 0 Å². The van der Waals surface area contributed by atoms with Gasteiger partial charge in [-0.1, -0.05) is 43.2 Å². The Bertz CT molecular complexity index is 494. The third-order valence-electron chi connectivity index (χ3n) is 4.39. The summed E-state index contributed by atoms with van der Waals surface area (Å²) in [5, 5.41) is 5.88. The third-order valence-corrected chi connectivity index (χ3v) is 4.39. The summed E-state index contributed by atoms with van der Waals surface area (Å²) in [6, 6.07) is 10.1. The number of carbonyl (C=O) groups excluding carboxylic acids is 2. The van der Waals surface area contributed by atoms with Crippen molar-refractivity contribution < 1.29 is 9.59 Å². The van der Waals surface area contributed by atoms with Crippen molar-refractivity contribution >= 4 is 11.8 Å². The Kier molecular flexibility index (Phi) is 3.72. The molecule has 4 nitrogen and oxygen atoms in total. The summed E-state index contributed by atoms with van der Waals surface area (Å²) in [7, 11) is 0. The SMILES string of the molecule is O=C1NC[C@H](c2ccccc2)[C@@H]1C(=O)NC1CCCC1. The van der Waals surface area contributed by atoms with Gasteiger partial charge in [0.1, 0.15) is 5.92 Å². The molecule has 2 atom stereocenters. The van der Waals surface area contributed by atoms with E-state index in [1.165, 1.54) is 12.8 Å². The summed E-state index contributed by atoms with van der Waals surface area (Å²) in [6.07, 6.45) is 4.42. The minimum Gasteiger partial charge on any atom is -0.355 e. The lowest BCUT2D eigenvalue weighted by molar-refractivity contribution is -0.133. The summed E-state index contributed by atoms with van der Waals surface area (Å²) in [6.45, 7) is 0.547. The number of benzene rings is 1. The number of amides is 2. The van der Waals surface area contributed by atoms with Crippen molar-refractivity contribution in [1.29, 1.82) is 0 Å². The molecular weight excluding hydrogens is 252 g/mol. The number of carbonyl (C=O) groups is 2. The fourth-order valence-corrected chi connectivity index (χ4v) is 3.29. The summed E-state index contributed by atoms with van der Waals surface area (Å²) >= 11 is 0. The summed E-state index contributed by atoms with van der Waals surface area (Å²) in [5.74, 6) is -0.891. The molecule has 1 saturated heterocycles. The number of hydrogen-bond donors (Lipinski definition) is 2. The zero-order valence-corrected chi connectivity index (χ0v) is 11.5. The normalized spacial score (nSPS) is 26.5. The van der Waals surface area contributed by atoms with Crippen LogP contribution < -0.4 is 10.6 Å². The van der Waals surface area contributed by atoms with Gasteiger partial charge in [0.25, 0.3) is 0 Å². The smallest absolute Gasteiger partial charge is 0.233 e. The summed E-state index contributed by atoms with van der Waals surface area (Å²) in [4.78, 5) is 24.4. The molecule has 2 aliphatic rings. The average Bonchev–Trinajstić information content (AvgIpc) is 3.09. The molecule has 1 saturated carbocycles. The van der Waals surface area contributed by atoms with E-state index >= 15 is 0 Å². The molecule has 0 spiro atoms. The highest BCUT2D eigenvalue weighted by Gasteiger charge is 2.41. The van der Waals surface area contributed by atoms with Crippen LogP contribution in [0, 0.1) is 5.92 Å². The summed E-state index contributed by atoms with van der Waals surface area (Å²) in [5.41, 5.74) is 1.05. The average molecular weight is 272 g/mol. The van der Waals surface area contributed by atoms with E-state index in [0.29, 0.717) is 6.54 Å².